The van der Waals surface area contributed by atoms with Crippen LogP contribution in [-0.2, 0) is 11.3 Å². The third-order valence-electron chi connectivity index (χ3n) is 7.40. The number of thioether (sulfide) groups is 1. The number of guanidine groups is 1. The van der Waals surface area contributed by atoms with E-state index in [-0.39, 0.29) is 4.75 Å². The molecule has 1 aromatic carbocycles. The number of aliphatic imine (C=N–C) groups is 1. The number of fused-ring (bicyclic) bond motifs is 1. The average Bonchev–Trinajstić information content (AvgIpc) is 2.83. The van der Waals surface area contributed by atoms with Gasteiger partial charge in [-0.2, -0.15) is 11.8 Å². The van der Waals surface area contributed by atoms with Gasteiger partial charge in [0.05, 0.1) is 6.54 Å². The summed E-state index contributed by atoms with van der Waals surface area (Å²) in [7, 11) is 0. The van der Waals surface area contributed by atoms with E-state index in [4.69, 9.17) is 9.73 Å². The molecule has 6 heteroatoms. The molecule has 0 amide bonds. The van der Waals surface area contributed by atoms with Gasteiger partial charge in [0.2, 0.25) is 0 Å². The first-order valence-electron chi connectivity index (χ1n) is 12.2. The Hall–Kier alpha value is -1.24. The molecule has 0 aliphatic carbocycles. The lowest BCUT2D eigenvalue weighted by Gasteiger charge is -2.48. The molecular formula is C25H40N4OS. The summed E-state index contributed by atoms with van der Waals surface area (Å²) in [5.41, 5.74) is 1.44. The van der Waals surface area contributed by atoms with Crippen molar-refractivity contribution in [3.05, 3.63) is 35.9 Å². The van der Waals surface area contributed by atoms with Crippen molar-refractivity contribution in [2.75, 3.05) is 52.2 Å². The van der Waals surface area contributed by atoms with E-state index in [9.17, 15) is 0 Å². The number of likely N-dealkylation sites (tertiary alicyclic amines) is 2. The molecule has 0 bridgehead atoms. The summed E-state index contributed by atoms with van der Waals surface area (Å²) in [5, 5.41) is 3.60. The minimum Gasteiger partial charge on any atom is -0.381 e. The molecule has 1 aromatic rings. The Morgan fingerprint density at radius 1 is 1.19 bits per heavy atom. The van der Waals surface area contributed by atoms with Crippen LogP contribution in [0.1, 0.15) is 44.6 Å². The zero-order valence-corrected chi connectivity index (χ0v) is 20.2. The number of hydrogen-bond donors (Lipinski definition) is 1. The molecule has 172 valence electrons. The van der Waals surface area contributed by atoms with Gasteiger partial charge in [0.1, 0.15) is 0 Å². The van der Waals surface area contributed by atoms with Gasteiger partial charge in [0.15, 0.2) is 5.96 Å². The predicted molar refractivity (Wildman–Crippen MR) is 132 cm³/mol. The lowest BCUT2D eigenvalue weighted by Crippen LogP contribution is -2.56. The first-order valence-corrected chi connectivity index (χ1v) is 13.4. The first-order chi connectivity index (χ1) is 15.2. The Labute approximate surface area is 193 Å². The number of piperidine rings is 2. The van der Waals surface area contributed by atoms with Gasteiger partial charge >= 0.3 is 0 Å². The van der Waals surface area contributed by atoms with E-state index in [1.54, 1.807) is 0 Å². The fourth-order valence-electron chi connectivity index (χ4n) is 5.53. The third-order valence-corrected chi connectivity index (χ3v) is 8.80. The topological polar surface area (TPSA) is 40.1 Å². The van der Waals surface area contributed by atoms with Crippen LogP contribution in [0.15, 0.2) is 35.3 Å². The van der Waals surface area contributed by atoms with E-state index in [0.29, 0.717) is 6.04 Å². The molecule has 3 heterocycles. The van der Waals surface area contributed by atoms with Crippen molar-refractivity contribution < 1.29 is 4.74 Å². The van der Waals surface area contributed by atoms with Crippen LogP contribution in [0.2, 0.25) is 0 Å². The third kappa shape index (κ3) is 5.77. The molecule has 5 nitrogen and oxygen atoms in total. The number of rotatable bonds is 6. The molecule has 1 N–H and O–H groups in total. The van der Waals surface area contributed by atoms with Crippen LogP contribution < -0.4 is 5.32 Å². The van der Waals surface area contributed by atoms with Crippen LogP contribution in [0.3, 0.4) is 0 Å². The maximum atomic E-state index is 5.62. The molecule has 3 saturated heterocycles. The molecule has 31 heavy (non-hydrogen) atoms. The van der Waals surface area contributed by atoms with E-state index in [0.717, 1.165) is 70.7 Å². The molecule has 3 aliphatic heterocycles. The summed E-state index contributed by atoms with van der Waals surface area (Å²) in [6.45, 7) is 10.3. The second-order valence-corrected chi connectivity index (χ2v) is 10.6. The number of ether oxygens (including phenoxy) is 1. The number of nitrogens with one attached hydrogen (secondary N) is 1. The Kier molecular flexibility index (Phi) is 8.18. The molecular weight excluding hydrogens is 404 g/mol. The minimum absolute atomic E-state index is 0.245. The highest BCUT2D eigenvalue weighted by Crippen LogP contribution is 2.35. The maximum absolute atomic E-state index is 5.62. The van der Waals surface area contributed by atoms with Gasteiger partial charge < -0.3 is 15.0 Å². The van der Waals surface area contributed by atoms with Crippen LogP contribution in [0.25, 0.3) is 0 Å². The molecule has 3 fully saturated rings. The lowest BCUT2D eigenvalue weighted by molar-refractivity contribution is 0.0371. The molecule has 0 radical (unpaired) electrons. The monoisotopic (exact) mass is 444 g/mol. The molecule has 0 spiro atoms. The van der Waals surface area contributed by atoms with Crippen molar-refractivity contribution in [3.63, 3.8) is 0 Å². The van der Waals surface area contributed by atoms with Crippen molar-refractivity contribution in [1.82, 2.24) is 15.1 Å². The number of benzene rings is 1. The zero-order chi connectivity index (χ0) is 21.5. The summed E-state index contributed by atoms with van der Waals surface area (Å²) in [6.07, 6.45) is 8.35. The second-order valence-electron chi connectivity index (χ2n) is 9.33. The summed E-state index contributed by atoms with van der Waals surface area (Å²) in [6, 6.07) is 11.7. The summed E-state index contributed by atoms with van der Waals surface area (Å²) >= 11 is 1.98. The summed E-state index contributed by atoms with van der Waals surface area (Å²) in [5.74, 6) is 1.87. The Morgan fingerprint density at radius 3 is 2.74 bits per heavy atom. The molecule has 3 aliphatic rings. The lowest BCUT2D eigenvalue weighted by atomic mass is 9.83. The van der Waals surface area contributed by atoms with Crippen LogP contribution in [0.5, 0.6) is 0 Å². The highest BCUT2D eigenvalue weighted by molar-refractivity contribution is 8.00. The molecule has 2 atom stereocenters. The Morgan fingerprint density at radius 2 is 2.00 bits per heavy atom. The zero-order valence-electron chi connectivity index (χ0n) is 19.4. The fraction of sp³-hybridized carbons (Fsp3) is 0.720. The summed E-state index contributed by atoms with van der Waals surface area (Å²) < 4.78 is 5.86. The largest absolute Gasteiger partial charge is 0.381 e. The fourth-order valence-corrected chi connectivity index (χ4v) is 6.30. The molecule has 0 aromatic heterocycles. The van der Waals surface area contributed by atoms with Crippen molar-refractivity contribution in [2.45, 2.75) is 56.4 Å². The molecule has 4 rings (SSSR count). The SMILES string of the molecule is CCNC(=NCC1(SC)CCOCC1)N1CCC2C(CCCN2Cc2ccccc2)C1. The molecule has 0 saturated carbocycles. The van der Waals surface area contributed by atoms with Crippen molar-refractivity contribution in [3.8, 4) is 0 Å². The van der Waals surface area contributed by atoms with E-state index >= 15 is 0 Å². The predicted octanol–water partition coefficient (Wildman–Crippen LogP) is 3.85. The Bertz CT molecular complexity index is 707. The second kappa shape index (κ2) is 11.1. The maximum Gasteiger partial charge on any atom is 0.193 e. The van der Waals surface area contributed by atoms with Gasteiger partial charge in [-0.25, -0.2) is 0 Å². The smallest absolute Gasteiger partial charge is 0.193 e. The van der Waals surface area contributed by atoms with Crippen LogP contribution in [-0.4, -0.2) is 78.7 Å². The standard InChI is InChI=1S/C25H40N4OS/c1-3-26-24(27-20-25(31-2)12-16-30-17-13-25)29-15-11-23-22(19-29)10-7-14-28(23)18-21-8-5-4-6-9-21/h4-6,8-9,22-23H,3,7,10-20H2,1-2H3,(H,26,27). The minimum atomic E-state index is 0.245. The van der Waals surface area contributed by atoms with Gasteiger partial charge in [0.25, 0.3) is 0 Å². The van der Waals surface area contributed by atoms with Crippen LogP contribution in [0, 0.1) is 5.92 Å². The van der Waals surface area contributed by atoms with Gasteiger partial charge in [-0.15, -0.1) is 0 Å². The van der Waals surface area contributed by atoms with Crippen molar-refractivity contribution >= 4 is 17.7 Å². The van der Waals surface area contributed by atoms with E-state index in [1.807, 2.05) is 11.8 Å². The number of hydrogen-bond acceptors (Lipinski definition) is 4. The van der Waals surface area contributed by atoms with Gasteiger partial charge in [-0.1, -0.05) is 30.3 Å². The van der Waals surface area contributed by atoms with Gasteiger partial charge in [-0.05, 0) is 63.3 Å². The van der Waals surface area contributed by atoms with Crippen LogP contribution in [0.4, 0.5) is 0 Å². The van der Waals surface area contributed by atoms with Gasteiger partial charge in [0, 0.05) is 50.2 Å². The van der Waals surface area contributed by atoms with Crippen molar-refractivity contribution in [2.24, 2.45) is 10.9 Å². The van der Waals surface area contributed by atoms with Crippen molar-refractivity contribution in [1.29, 1.82) is 0 Å². The highest BCUT2D eigenvalue weighted by Gasteiger charge is 2.37. The first kappa shape index (κ1) is 22.9. The van der Waals surface area contributed by atoms with Gasteiger partial charge in [-0.3, -0.25) is 9.89 Å². The quantitative estimate of drug-likeness (QED) is 0.533. The normalized spacial score (nSPS) is 27.0. The van der Waals surface area contributed by atoms with E-state index in [2.05, 4.69) is 58.6 Å². The van der Waals surface area contributed by atoms with E-state index < -0.39 is 0 Å². The average molecular weight is 445 g/mol. The summed E-state index contributed by atoms with van der Waals surface area (Å²) in [4.78, 5) is 10.5. The van der Waals surface area contributed by atoms with E-state index in [1.165, 1.54) is 31.4 Å². The highest BCUT2D eigenvalue weighted by atomic mass is 32.2. The Balaban J connectivity index is 1.40. The molecule has 2 unspecified atom stereocenters. The van der Waals surface area contributed by atoms with Crippen LogP contribution >= 0.6 is 11.8 Å². The number of nitrogens with zero attached hydrogens (tertiary/aromatic N) is 3.